The van der Waals surface area contributed by atoms with Gasteiger partial charge in [0.1, 0.15) is 0 Å². The van der Waals surface area contributed by atoms with E-state index in [-0.39, 0.29) is 25.1 Å². The Morgan fingerprint density at radius 1 is 1.24 bits per heavy atom. The highest BCUT2D eigenvalue weighted by atomic mass is 32.2. The molecule has 7 heteroatoms. The molecule has 2 N–H and O–H groups in total. The standard InChI is InChI=1S/C14H20N2O4S/c17-21(18,9-12-3-1-2-6-15-12)16-8-11-4-5-13-14(7-11)20-10-19-13/h4-5,7,12,15-16H,1-3,6,8-10H2. The number of nitrogens with one attached hydrogen (secondary N) is 2. The number of hydrogen-bond donors (Lipinski definition) is 2. The molecule has 0 radical (unpaired) electrons. The minimum atomic E-state index is -3.28. The van der Waals surface area contributed by atoms with Gasteiger partial charge >= 0.3 is 0 Å². The zero-order valence-electron chi connectivity index (χ0n) is 11.8. The Hall–Kier alpha value is -1.31. The largest absolute Gasteiger partial charge is 0.454 e. The monoisotopic (exact) mass is 312 g/mol. The normalized spacial score (nSPS) is 21.4. The van der Waals surface area contributed by atoms with Gasteiger partial charge in [-0.05, 0) is 37.1 Å². The van der Waals surface area contributed by atoms with Gasteiger partial charge in [-0.3, -0.25) is 0 Å². The summed E-state index contributed by atoms with van der Waals surface area (Å²) in [7, 11) is -3.28. The summed E-state index contributed by atoms with van der Waals surface area (Å²) in [5.41, 5.74) is 0.861. The first kappa shape index (κ1) is 14.6. The van der Waals surface area contributed by atoms with Gasteiger partial charge in [-0.25, -0.2) is 13.1 Å². The van der Waals surface area contributed by atoms with Crippen LogP contribution >= 0.6 is 0 Å². The van der Waals surface area contributed by atoms with E-state index in [0.717, 1.165) is 31.4 Å². The highest BCUT2D eigenvalue weighted by Gasteiger charge is 2.21. The summed E-state index contributed by atoms with van der Waals surface area (Å²) < 4.78 is 37.4. The molecule has 21 heavy (non-hydrogen) atoms. The average Bonchev–Trinajstić information content (AvgIpc) is 2.93. The van der Waals surface area contributed by atoms with E-state index >= 15 is 0 Å². The Morgan fingerprint density at radius 3 is 2.90 bits per heavy atom. The van der Waals surface area contributed by atoms with Crippen LogP contribution in [0.3, 0.4) is 0 Å². The van der Waals surface area contributed by atoms with Gasteiger partial charge < -0.3 is 14.8 Å². The van der Waals surface area contributed by atoms with E-state index in [0.29, 0.717) is 11.5 Å². The van der Waals surface area contributed by atoms with Gasteiger partial charge in [-0.1, -0.05) is 12.5 Å². The third kappa shape index (κ3) is 3.87. The van der Waals surface area contributed by atoms with Gasteiger partial charge in [0.15, 0.2) is 11.5 Å². The van der Waals surface area contributed by atoms with E-state index in [1.165, 1.54) is 0 Å². The van der Waals surface area contributed by atoms with Crippen molar-refractivity contribution in [2.45, 2.75) is 31.8 Å². The van der Waals surface area contributed by atoms with Crippen molar-refractivity contribution in [3.8, 4) is 11.5 Å². The molecule has 1 aromatic carbocycles. The molecule has 2 aliphatic rings. The third-order valence-electron chi connectivity index (χ3n) is 3.77. The minimum absolute atomic E-state index is 0.0630. The van der Waals surface area contributed by atoms with Crippen molar-refractivity contribution >= 4 is 10.0 Å². The quantitative estimate of drug-likeness (QED) is 0.847. The number of piperidine rings is 1. The van der Waals surface area contributed by atoms with Crippen molar-refractivity contribution in [1.29, 1.82) is 0 Å². The van der Waals surface area contributed by atoms with E-state index in [9.17, 15) is 8.42 Å². The van der Waals surface area contributed by atoms with Gasteiger partial charge in [0.05, 0.1) is 5.75 Å². The Labute approximate surface area is 124 Å². The minimum Gasteiger partial charge on any atom is -0.454 e. The maximum atomic E-state index is 12.1. The maximum Gasteiger partial charge on any atom is 0.231 e. The van der Waals surface area contributed by atoms with Crippen molar-refractivity contribution in [1.82, 2.24) is 10.0 Å². The molecule has 0 aromatic heterocycles. The van der Waals surface area contributed by atoms with Crippen LogP contribution in [-0.4, -0.2) is 33.6 Å². The van der Waals surface area contributed by atoms with Crippen molar-refractivity contribution < 1.29 is 17.9 Å². The van der Waals surface area contributed by atoms with E-state index in [2.05, 4.69) is 10.0 Å². The van der Waals surface area contributed by atoms with Crippen molar-refractivity contribution in [2.24, 2.45) is 0 Å². The molecule has 1 unspecified atom stereocenters. The summed E-state index contributed by atoms with van der Waals surface area (Å²) in [6, 6.07) is 5.51. The summed E-state index contributed by atoms with van der Waals surface area (Å²) in [5.74, 6) is 1.51. The SMILES string of the molecule is O=S(=O)(CC1CCCCN1)NCc1ccc2c(c1)OCO2. The second-order valence-corrected chi connectivity index (χ2v) is 7.29. The predicted octanol–water partition coefficient (Wildman–Crippen LogP) is 0.977. The molecule has 0 saturated carbocycles. The zero-order chi connectivity index (χ0) is 14.7. The molecular weight excluding hydrogens is 292 g/mol. The Kier molecular flexibility index (Phi) is 4.32. The average molecular weight is 312 g/mol. The van der Waals surface area contributed by atoms with Crippen LogP contribution in [0, 0.1) is 0 Å². The summed E-state index contributed by atoms with van der Waals surface area (Å²) in [5, 5.41) is 3.25. The summed E-state index contributed by atoms with van der Waals surface area (Å²) >= 11 is 0. The molecule has 2 aliphatic heterocycles. The first-order valence-electron chi connectivity index (χ1n) is 7.22. The Balaban J connectivity index is 1.56. The molecule has 2 heterocycles. The van der Waals surface area contributed by atoms with E-state index in [4.69, 9.17) is 9.47 Å². The first-order valence-corrected chi connectivity index (χ1v) is 8.87. The smallest absolute Gasteiger partial charge is 0.231 e. The lowest BCUT2D eigenvalue weighted by atomic mass is 10.1. The van der Waals surface area contributed by atoms with Crippen LogP contribution in [0.2, 0.25) is 0 Å². The van der Waals surface area contributed by atoms with Crippen molar-refractivity contribution in [3.63, 3.8) is 0 Å². The van der Waals surface area contributed by atoms with Gasteiger partial charge in [-0.15, -0.1) is 0 Å². The van der Waals surface area contributed by atoms with Crippen LogP contribution in [0.25, 0.3) is 0 Å². The van der Waals surface area contributed by atoms with Crippen LogP contribution in [0.15, 0.2) is 18.2 Å². The molecule has 3 rings (SSSR count). The maximum absolute atomic E-state index is 12.1. The molecule has 116 valence electrons. The summed E-state index contributed by atoms with van der Waals surface area (Å²) in [6.07, 6.45) is 3.14. The molecule has 1 fully saturated rings. The molecule has 0 spiro atoms. The van der Waals surface area contributed by atoms with Crippen LogP contribution in [0.4, 0.5) is 0 Å². The number of sulfonamides is 1. The van der Waals surface area contributed by atoms with Crippen LogP contribution in [0.1, 0.15) is 24.8 Å². The van der Waals surface area contributed by atoms with E-state index in [1.807, 2.05) is 12.1 Å². The number of fused-ring (bicyclic) bond motifs is 1. The van der Waals surface area contributed by atoms with Gasteiger partial charge in [0, 0.05) is 12.6 Å². The second kappa shape index (κ2) is 6.21. The summed E-state index contributed by atoms with van der Waals surface area (Å²) in [4.78, 5) is 0. The zero-order valence-corrected chi connectivity index (χ0v) is 12.6. The number of hydrogen-bond acceptors (Lipinski definition) is 5. The van der Waals surface area contributed by atoms with Gasteiger partial charge in [0.2, 0.25) is 16.8 Å². The molecule has 1 saturated heterocycles. The number of benzene rings is 1. The van der Waals surface area contributed by atoms with Gasteiger partial charge in [-0.2, -0.15) is 0 Å². The highest BCUT2D eigenvalue weighted by Crippen LogP contribution is 2.32. The second-order valence-electron chi connectivity index (χ2n) is 5.44. The molecule has 6 nitrogen and oxygen atoms in total. The Morgan fingerprint density at radius 2 is 2.10 bits per heavy atom. The third-order valence-corrected chi connectivity index (χ3v) is 5.19. The topological polar surface area (TPSA) is 76.7 Å². The molecule has 1 atom stereocenters. The predicted molar refractivity (Wildman–Crippen MR) is 78.8 cm³/mol. The molecule has 0 bridgehead atoms. The van der Waals surface area contributed by atoms with E-state index < -0.39 is 10.0 Å². The molecule has 0 amide bonds. The fourth-order valence-electron chi connectivity index (χ4n) is 2.63. The number of ether oxygens (including phenoxy) is 2. The van der Waals surface area contributed by atoms with Crippen molar-refractivity contribution in [2.75, 3.05) is 19.1 Å². The molecule has 1 aromatic rings. The van der Waals surface area contributed by atoms with Gasteiger partial charge in [0.25, 0.3) is 0 Å². The summed E-state index contributed by atoms with van der Waals surface area (Å²) in [6.45, 7) is 1.39. The van der Waals surface area contributed by atoms with E-state index in [1.54, 1.807) is 6.07 Å². The van der Waals surface area contributed by atoms with Crippen molar-refractivity contribution in [3.05, 3.63) is 23.8 Å². The number of rotatable bonds is 5. The molecular formula is C14H20N2O4S. The highest BCUT2D eigenvalue weighted by molar-refractivity contribution is 7.89. The lowest BCUT2D eigenvalue weighted by molar-refractivity contribution is 0.174. The lowest BCUT2D eigenvalue weighted by Crippen LogP contribution is -2.42. The lowest BCUT2D eigenvalue weighted by Gasteiger charge is -2.23. The molecule has 0 aliphatic carbocycles. The fourth-order valence-corrected chi connectivity index (χ4v) is 3.95. The first-order chi connectivity index (χ1) is 10.1. The van der Waals surface area contributed by atoms with Crippen LogP contribution in [-0.2, 0) is 16.6 Å². The van der Waals surface area contributed by atoms with Crippen LogP contribution < -0.4 is 19.5 Å². The van der Waals surface area contributed by atoms with Crippen LogP contribution in [0.5, 0.6) is 11.5 Å². The Bertz CT molecular complexity index is 597. The fraction of sp³-hybridized carbons (Fsp3) is 0.571.